The van der Waals surface area contributed by atoms with Gasteiger partial charge in [0.1, 0.15) is 30.0 Å². The van der Waals surface area contributed by atoms with Crippen LogP contribution in [-0.2, 0) is 49.9 Å². The van der Waals surface area contributed by atoms with Gasteiger partial charge < -0.3 is 49.6 Å². The van der Waals surface area contributed by atoms with Gasteiger partial charge in [0.25, 0.3) is 20.2 Å². The molecule has 6 aromatic rings. The number of morpholine rings is 2. The quantitative estimate of drug-likeness (QED) is 0.0323. The Morgan fingerprint density at radius 3 is 1.04 bits per heavy atom. The van der Waals surface area contributed by atoms with Crippen molar-refractivity contribution in [3.63, 3.8) is 0 Å². The molecule has 0 saturated carbocycles. The van der Waals surface area contributed by atoms with E-state index < -0.39 is 60.1 Å². The van der Waals surface area contributed by atoms with Crippen LogP contribution in [0.4, 0.5) is 58.4 Å². The third-order valence-electron chi connectivity index (χ3n) is 10.2. The first-order chi connectivity index (χ1) is 33.1. The maximum absolute atomic E-state index is 12.8. The molecule has 0 bridgehead atoms. The number of benzene rings is 4. The Kier molecular flexibility index (Phi) is 18.4. The summed E-state index contributed by atoms with van der Waals surface area (Å²) < 4.78 is 151. The van der Waals surface area contributed by atoms with Crippen molar-refractivity contribution in [2.75, 3.05) is 83.7 Å². The van der Waals surface area contributed by atoms with Gasteiger partial charge in [-0.1, -0.05) is 24.3 Å². The molecule has 6 N–H and O–H groups in total. The van der Waals surface area contributed by atoms with E-state index in [4.69, 9.17) is 9.47 Å². The van der Waals surface area contributed by atoms with E-state index in [9.17, 15) is 51.9 Å². The first-order valence-electron chi connectivity index (χ1n) is 20.4. The third kappa shape index (κ3) is 14.8. The summed E-state index contributed by atoms with van der Waals surface area (Å²) in [6.07, 6.45) is 2.40. The Labute approximate surface area is 456 Å². The first-order valence-corrected chi connectivity index (χ1v) is 26.1. The van der Waals surface area contributed by atoms with E-state index >= 15 is 0 Å². The molecule has 368 valence electrons. The summed E-state index contributed by atoms with van der Waals surface area (Å²) in [6, 6.07) is 17.4. The van der Waals surface area contributed by atoms with Crippen LogP contribution in [0.15, 0.2) is 105 Å². The van der Waals surface area contributed by atoms with Crippen molar-refractivity contribution in [2.24, 2.45) is 0 Å². The van der Waals surface area contributed by atoms with Crippen molar-refractivity contribution in [2.45, 2.75) is 19.6 Å². The van der Waals surface area contributed by atoms with Gasteiger partial charge in [-0.2, -0.15) is 46.7 Å². The summed E-state index contributed by atoms with van der Waals surface area (Å²) >= 11 is 0. The van der Waals surface area contributed by atoms with Crippen molar-refractivity contribution >= 4 is 111 Å². The van der Waals surface area contributed by atoms with Crippen molar-refractivity contribution in [1.82, 2.24) is 29.9 Å². The number of hydrogen-bond donors (Lipinski definition) is 6. The molecule has 0 atom stereocenters. The van der Waals surface area contributed by atoms with E-state index in [0.29, 0.717) is 64.0 Å². The van der Waals surface area contributed by atoms with E-state index in [1.165, 1.54) is 60.7 Å². The zero-order chi connectivity index (χ0) is 49.8. The van der Waals surface area contributed by atoms with Crippen molar-refractivity contribution < 1.29 is 120 Å². The average Bonchev–Trinajstić information content (AvgIpc) is 3.31. The van der Waals surface area contributed by atoms with Crippen LogP contribution in [-0.4, -0.2) is 134 Å². The second-order valence-electron chi connectivity index (χ2n) is 15.0. The molecule has 0 amide bonds. The Balaban J connectivity index is 0.00000423. The van der Waals surface area contributed by atoms with Crippen LogP contribution in [0.25, 0.3) is 12.2 Å². The van der Waals surface area contributed by atoms with Gasteiger partial charge in [0.05, 0.1) is 36.2 Å². The predicted molar refractivity (Wildman–Crippen MR) is 249 cm³/mol. The molecule has 0 unspecified atom stereocenters. The van der Waals surface area contributed by atoms with Gasteiger partial charge in [-0.25, -0.2) is 16.8 Å². The van der Waals surface area contributed by atoms with E-state index in [1.807, 2.05) is 0 Å². The van der Waals surface area contributed by atoms with Crippen LogP contribution >= 0.6 is 0 Å². The molecule has 2 aromatic heterocycles. The monoisotopic (exact) mass is 1080 g/mol. The fraction of sp³-hybridized carbons (Fsp3) is 0.200. The number of aromatic nitrogens is 6. The Bertz CT molecular complexity index is 3200. The van der Waals surface area contributed by atoms with E-state index in [1.54, 1.807) is 9.80 Å². The molecule has 4 aromatic carbocycles. The topological polar surface area (TPSA) is 374 Å². The summed E-state index contributed by atoms with van der Waals surface area (Å²) in [7, 11) is -19.3. The number of nitrogens with zero attached hydrogens (tertiary/aromatic N) is 8. The fourth-order valence-electron chi connectivity index (χ4n) is 6.81. The van der Waals surface area contributed by atoms with E-state index in [-0.39, 0.29) is 117 Å². The summed E-state index contributed by atoms with van der Waals surface area (Å²) in [5.41, 5.74) is 0.597. The molecular formula is C40H38N12Na2O14S4. The first kappa shape index (κ1) is 56.3. The number of nitrogens with one attached hydrogen (secondary N) is 4. The molecule has 0 spiro atoms. The van der Waals surface area contributed by atoms with E-state index in [0.717, 1.165) is 36.4 Å². The zero-order valence-corrected chi connectivity index (χ0v) is 45.2. The van der Waals surface area contributed by atoms with Crippen LogP contribution < -0.4 is 90.2 Å². The number of hydrogen-bond acceptors (Lipinski definition) is 24. The smallest absolute Gasteiger partial charge is 0.744 e. The number of anilines is 10. The molecule has 4 heterocycles. The minimum absolute atomic E-state index is 0. The molecule has 0 radical (unpaired) electrons. The Hall–Kier alpha value is -5.00. The van der Waals surface area contributed by atoms with Crippen molar-refractivity contribution in [3.8, 4) is 0 Å². The minimum atomic E-state index is -4.96. The molecule has 2 aliphatic heterocycles. The molecule has 2 fully saturated rings. The SMILES string of the molecule is O=S(=O)([O-])c1ccc(Nc2nc(Nc3ccc(/C=C/c4ccc(Nc5nc(Nc6ccc(S(=O)(=O)[O-])cc6)nc(N6CCOCC6)n5)cc4S(=O)(=O)O)c(S(=O)(=O)O)c3)nc(N3CCOCC3)n2)cc1.[Na+].[Na+]. The van der Waals surface area contributed by atoms with Crippen LogP contribution in [0, 0.1) is 0 Å². The largest absolute Gasteiger partial charge is 1.00 e. The Morgan fingerprint density at radius 2 is 0.750 bits per heavy atom. The Morgan fingerprint density at radius 1 is 0.458 bits per heavy atom. The maximum Gasteiger partial charge on any atom is 1.00 e. The second kappa shape index (κ2) is 23.5. The number of ether oxygens (including phenoxy) is 2. The van der Waals surface area contributed by atoms with Crippen LogP contribution in [0.5, 0.6) is 0 Å². The normalized spacial score (nSPS) is 14.5. The van der Waals surface area contributed by atoms with Gasteiger partial charge in [0.2, 0.25) is 35.7 Å². The molecule has 2 saturated heterocycles. The molecule has 26 nitrogen and oxygen atoms in total. The number of rotatable bonds is 16. The molecule has 72 heavy (non-hydrogen) atoms. The van der Waals surface area contributed by atoms with Gasteiger partial charge in [-0.05, 0) is 83.9 Å². The summed E-state index contributed by atoms with van der Waals surface area (Å²) in [4.78, 5) is 28.1. The molecule has 2 aliphatic rings. The standard InChI is InChI=1S/C40H40N12O14S4.2Na/c53-67(54,55)31-11-7-27(8-12-31)41-35-45-37(49-39(47-35)51-15-19-65-20-16-51)43-29-5-3-25(33(23-29)69(59,60)61)1-2-26-4-6-30(24-34(26)70(62,63)64)44-38-46-36(48-40(50-38)52-17-21-66-22-18-52)42-28-9-13-32(14-10-28)68(56,57)58;;/h1-14,23-24H,15-22H2,(H,53,54,55)(H,56,57,58)(H,59,60,61)(H,62,63,64)(H2,41,43,45,47,49)(H2,42,44,46,48,50);;/q;2*+1/p-2/b2-1+;;. The van der Waals surface area contributed by atoms with Crippen molar-refractivity contribution in [1.29, 1.82) is 0 Å². The van der Waals surface area contributed by atoms with Crippen LogP contribution in [0.2, 0.25) is 0 Å². The van der Waals surface area contributed by atoms with Crippen molar-refractivity contribution in [3.05, 3.63) is 96.1 Å². The predicted octanol–water partition coefficient (Wildman–Crippen LogP) is -2.82. The third-order valence-corrected chi connectivity index (χ3v) is 13.7. The molecule has 32 heteroatoms. The van der Waals surface area contributed by atoms with Crippen LogP contribution in [0.3, 0.4) is 0 Å². The van der Waals surface area contributed by atoms with Gasteiger partial charge in [0, 0.05) is 48.9 Å². The van der Waals surface area contributed by atoms with Crippen LogP contribution in [0.1, 0.15) is 11.1 Å². The average molecular weight is 1090 g/mol. The summed E-state index contributed by atoms with van der Waals surface area (Å²) in [5.74, 6) is 0.198. The van der Waals surface area contributed by atoms with Gasteiger partial charge >= 0.3 is 59.1 Å². The maximum atomic E-state index is 12.8. The van der Waals surface area contributed by atoms with Gasteiger partial charge in [0.15, 0.2) is 0 Å². The summed E-state index contributed by atoms with van der Waals surface area (Å²) in [6.45, 7) is 3.18. The zero-order valence-electron chi connectivity index (χ0n) is 37.9. The second-order valence-corrected chi connectivity index (χ2v) is 20.5. The molecule has 0 aliphatic carbocycles. The molecule has 8 rings (SSSR count). The molecular weight excluding hydrogens is 1050 g/mol. The minimum Gasteiger partial charge on any atom is -0.744 e. The van der Waals surface area contributed by atoms with Gasteiger partial charge in [-0.15, -0.1) is 0 Å². The van der Waals surface area contributed by atoms with Gasteiger partial charge in [-0.3, -0.25) is 9.11 Å². The fourth-order valence-corrected chi connectivity index (χ4v) is 9.17. The summed E-state index contributed by atoms with van der Waals surface area (Å²) in [5, 5.41) is 11.6. The van der Waals surface area contributed by atoms with E-state index in [2.05, 4.69) is 51.2 Å².